The molecule has 1 fully saturated rings. The first-order valence-electron chi connectivity index (χ1n) is 8.50. The van der Waals surface area contributed by atoms with E-state index in [1.807, 2.05) is 45.0 Å². The molecule has 1 aromatic carbocycles. The second-order valence-corrected chi connectivity index (χ2v) is 7.84. The standard InChI is InChI=1S/C18H27ClN4O2.2ClH/c1-18(2,3)16(20)17(25)21-12-15(24)23-10-8-22(9-11-23)14-6-4-13(19)5-7-14;;/h4-7,16H,8-12,20H2,1-3H3,(H,21,25);2*1H/t16-;;/m1../s1. The van der Waals surface area contributed by atoms with Crippen molar-refractivity contribution in [3.8, 4) is 0 Å². The molecule has 0 unspecified atom stereocenters. The molecule has 1 aliphatic rings. The molecular weight excluding hydrogens is 411 g/mol. The predicted molar refractivity (Wildman–Crippen MR) is 115 cm³/mol. The van der Waals surface area contributed by atoms with Gasteiger partial charge in [-0.05, 0) is 29.7 Å². The van der Waals surface area contributed by atoms with Crippen LogP contribution in [0.15, 0.2) is 24.3 Å². The van der Waals surface area contributed by atoms with E-state index in [9.17, 15) is 9.59 Å². The van der Waals surface area contributed by atoms with Gasteiger partial charge in [-0.3, -0.25) is 9.59 Å². The van der Waals surface area contributed by atoms with Crippen LogP contribution in [0.5, 0.6) is 0 Å². The highest BCUT2D eigenvalue weighted by Gasteiger charge is 2.28. The molecule has 0 saturated carbocycles. The highest BCUT2D eigenvalue weighted by molar-refractivity contribution is 6.30. The molecule has 154 valence electrons. The maximum atomic E-state index is 12.3. The fraction of sp³-hybridized carbons (Fsp3) is 0.556. The summed E-state index contributed by atoms with van der Waals surface area (Å²) in [4.78, 5) is 28.3. The molecule has 0 aromatic heterocycles. The number of anilines is 1. The molecule has 9 heteroatoms. The minimum Gasteiger partial charge on any atom is -0.368 e. The summed E-state index contributed by atoms with van der Waals surface area (Å²) < 4.78 is 0. The first-order chi connectivity index (χ1) is 11.7. The van der Waals surface area contributed by atoms with Crippen LogP contribution in [-0.4, -0.2) is 55.5 Å². The van der Waals surface area contributed by atoms with E-state index in [1.54, 1.807) is 4.90 Å². The van der Waals surface area contributed by atoms with E-state index in [4.69, 9.17) is 17.3 Å². The largest absolute Gasteiger partial charge is 0.368 e. The van der Waals surface area contributed by atoms with Crippen LogP contribution in [-0.2, 0) is 9.59 Å². The number of nitrogens with one attached hydrogen (secondary N) is 1. The van der Waals surface area contributed by atoms with Gasteiger partial charge in [0.1, 0.15) is 0 Å². The molecule has 6 nitrogen and oxygen atoms in total. The fourth-order valence-electron chi connectivity index (χ4n) is 2.64. The number of piperazine rings is 1. The van der Waals surface area contributed by atoms with Gasteiger partial charge >= 0.3 is 0 Å². The van der Waals surface area contributed by atoms with Crippen LogP contribution in [0.3, 0.4) is 0 Å². The molecule has 1 heterocycles. The molecule has 0 spiro atoms. The summed E-state index contributed by atoms with van der Waals surface area (Å²) in [6.07, 6.45) is 0. The number of halogens is 3. The van der Waals surface area contributed by atoms with Crippen molar-refractivity contribution >= 4 is 53.9 Å². The zero-order valence-corrected chi connectivity index (χ0v) is 18.3. The highest BCUT2D eigenvalue weighted by atomic mass is 35.5. The van der Waals surface area contributed by atoms with Crippen LogP contribution in [0.4, 0.5) is 5.69 Å². The number of amides is 2. The van der Waals surface area contributed by atoms with Gasteiger partial charge in [0.2, 0.25) is 11.8 Å². The number of hydrogen-bond donors (Lipinski definition) is 2. The zero-order chi connectivity index (χ0) is 18.6. The molecule has 2 rings (SSSR count). The lowest BCUT2D eigenvalue weighted by atomic mass is 9.87. The topological polar surface area (TPSA) is 78.7 Å². The van der Waals surface area contributed by atoms with Crippen LogP contribution in [0, 0.1) is 5.41 Å². The van der Waals surface area contributed by atoms with Crippen molar-refractivity contribution in [2.75, 3.05) is 37.6 Å². The van der Waals surface area contributed by atoms with Crippen molar-refractivity contribution in [1.29, 1.82) is 0 Å². The van der Waals surface area contributed by atoms with Crippen molar-refractivity contribution in [3.05, 3.63) is 29.3 Å². The van der Waals surface area contributed by atoms with Crippen LogP contribution < -0.4 is 16.0 Å². The number of carbonyl (C=O) groups is 2. The van der Waals surface area contributed by atoms with E-state index in [1.165, 1.54) is 0 Å². The van der Waals surface area contributed by atoms with Gasteiger partial charge in [0.15, 0.2) is 0 Å². The molecule has 1 aromatic rings. The van der Waals surface area contributed by atoms with Gasteiger partial charge < -0.3 is 20.9 Å². The summed E-state index contributed by atoms with van der Waals surface area (Å²) in [5.41, 5.74) is 6.66. The average Bonchev–Trinajstić information content (AvgIpc) is 2.58. The lowest BCUT2D eigenvalue weighted by molar-refractivity contribution is -0.134. The number of rotatable bonds is 4. The van der Waals surface area contributed by atoms with E-state index in [2.05, 4.69) is 10.2 Å². The SMILES string of the molecule is CC(C)(C)[C@H](N)C(=O)NCC(=O)N1CCN(c2ccc(Cl)cc2)CC1.Cl.Cl. The van der Waals surface area contributed by atoms with Crippen LogP contribution in [0.25, 0.3) is 0 Å². The van der Waals surface area contributed by atoms with E-state index >= 15 is 0 Å². The second kappa shape index (κ2) is 11.0. The number of carbonyl (C=O) groups excluding carboxylic acids is 2. The van der Waals surface area contributed by atoms with Gasteiger partial charge in [-0.15, -0.1) is 24.8 Å². The first kappa shape index (κ1) is 25.8. The molecule has 2 amide bonds. The van der Waals surface area contributed by atoms with Gasteiger partial charge in [0, 0.05) is 36.9 Å². The van der Waals surface area contributed by atoms with Gasteiger partial charge in [0.05, 0.1) is 12.6 Å². The Morgan fingerprint density at radius 3 is 2.11 bits per heavy atom. The molecule has 0 radical (unpaired) electrons. The van der Waals surface area contributed by atoms with Crippen molar-refractivity contribution in [3.63, 3.8) is 0 Å². The van der Waals surface area contributed by atoms with E-state index < -0.39 is 6.04 Å². The maximum Gasteiger partial charge on any atom is 0.242 e. The summed E-state index contributed by atoms with van der Waals surface area (Å²) in [5, 5.41) is 3.36. The summed E-state index contributed by atoms with van der Waals surface area (Å²) >= 11 is 5.91. The van der Waals surface area contributed by atoms with Crippen LogP contribution in [0.1, 0.15) is 20.8 Å². The van der Waals surface area contributed by atoms with Gasteiger partial charge in [-0.1, -0.05) is 32.4 Å². The Bertz CT molecular complexity index is 612. The van der Waals surface area contributed by atoms with Crippen molar-refractivity contribution in [1.82, 2.24) is 10.2 Å². The summed E-state index contributed by atoms with van der Waals surface area (Å²) in [6, 6.07) is 7.05. The Hall–Kier alpha value is -1.21. The number of nitrogens with two attached hydrogens (primary N) is 1. The molecule has 0 bridgehead atoms. The number of hydrogen-bond acceptors (Lipinski definition) is 4. The molecule has 3 N–H and O–H groups in total. The minimum absolute atomic E-state index is 0. The highest BCUT2D eigenvalue weighted by Crippen LogP contribution is 2.19. The second-order valence-electron chi connectivity index (χ2n) is 7.41. The Kier molecular flexibility index (Phi) is 10.5. The summed E-state index contributed by atoms with van der Waals surface area (Å²) in [6.45, 7) is 8.44. The Labute approximate surface area is 178 Å². The van der Waals surface area contributed by atoms with E-state index in [-0.39, 0.29) is 48.6 Å². The maximum absolute atomic E-state index is 12.3. The quantitative estimate of drug-likeness (QED) is 0.754. The van der Waals surface area contributed by atoms with E-state index in [0.717, 1.165) is 18.8 Å². The number of nitrogens with zero attached hydrogens (tertiary/aromatic N) is 2. The molecule has 1 atom stereocenters. The van der Waals surface area contributed by atoms with Crippen molar-refractivity contribution < 1.29 is 9.59 Å². The summed E-state index contributed by atoms with van der Waals surface area (Å²) in [5.74, 6) is -0.370. The lowest BCUT2D eigenvalue weighted by Gasteiger charge is -2.36. The van der Waals surface area contributed by atoms with Crippen LogP contribution in [0.2, 0.25) is 5.02 Å². The first-order valence-corrected chi connectivity index (χ1v) is 8.88. The summed E-state index contributed by atoms with van der Waals surface area (Å²) in [7, 11) is 0. The average molecular weight is 440 g/mol. The molecule has 27 heavy (non-hydrogen) atoms. The third-order valence-corrected chi connectivity index (χ3v) is 4.71. The van der Waals surface area contributed by atoms with Crippen molar-refractivity contribution in [2.24, 2.45) is 11.1 Å². The van der Waals surface area contributed by atoms with Gasteiger partial charge in [-0.25, -0.2) is 0 Å². The molecule has 1 aliphatic heterocycles. The van der Waals surface area contributed by atoms with Crippen molar-refractivity contribution in [2.45, 2.75) is 26.8 Å². The Morgan fingerprint density at radius 2 is 1.63 bits per heavy atom. The predicted octanol–water partition coefficient (Wildman–Crippen LogP) is 2.32. The third kappa shape index (κ3) is 7.37. The Morgan fingerprint density at radius 1 is 1.11 bits per heavy atom. The lowest BCUT2D eigenvalue weighted by Crippen LogP contribution is -2.54. The fourth-order valence-corrected chi connectivity index (χ4v) is 2.77. The van der Waals surface area contributed by atoms with Crippen LogP contribution >= 0.6 is 36.4 Å². The van der Waals surface area contributed by atoms with Gasteiger partial charge in [-0.2, -0.15) is 0 Å². The molecule has 1 saturated heterocycles. The third-order valence-electron chi connectivity index (χ3n) is 4.45. The number of benzene rings is 1. The normalized spacial score (nSPS) is 15.3. The zero-order valence-electron chi connectivity index (χ0n) is 15.9. The monoisotopic (exact) mass is 438 g/mol. The molecule has 0 aliphatic carbocycles. The Balaban J connectivity index is 0.00000338. The smallest absolute Gasteiger partial charge is 0.242 e. The molecular formula is C18H29Cl3N4O2. The minimum atomic E-state index is -0.637. The van der Waals surface area contributed by atoms with Gasteiger partial charge in [0.25, 0.3) is 0 Å². The van der Waals surface area contributed by atoms with E-state index in [0.29, 0.717) is 18.1 Å².